The molecule has 0 radical (unpaired) electrons. The van der Waals surface area contributed by atoms with Crippen LogP contribution in [-0.4, -0.2) is 36.2 Å². The zero-order valence-electron chi connectivity index (χ0n) is 11.2. The van der Waals surface area contributed by atoms with Crippen LogP contribution < -0.4 is 10.6 Å². The molecule has 3 rings (SSSR count). The number of rotatable bonds is 3. The van der Waals surface area contributed by atoms with Gasteiger partial charge in [-0.05, 0) is 31.4 Å². The van der Waals surface area contributed by atoms with Crippen LogP contribution in [0.2, 0.25) is 0 Å². The molecule has 102 valence electrons. The molecule has 2 aliphatic heterocycles. The van der Waals surface area contributed by atoms with Crippen molar-refractivity contribution >= 4 is 5.96 Å². The number of nitrogens with zero attached hydrogens (tertiary/aromatic N) is 2. The molecule has 1 aromatic heterocycles. The Hall–Kier alpha value is -1.62. The summed E-state index contributed by atoms with van der Waals surface area (Å²) < 4.78 is 5.84. The van der Waals surface area contributed by atoms with Crippen LogP contribution in [-0.2, 0) is 11.3 Å². The Labute approximate surface area is 113 Å². The standard InChI is InChI=1S/C14H20N4O/c1-15-14(17-9-10-4-2-3-7-16-10)18-12-8-11-5-6-13(12)19-11/h2-4,7,11-13H,5-6,8-9H2,1H3,(H2,15,17,18). The maximum atomic E-state index is 5.84. The Morgan fingerprint density at radius 1 is 1.47 bits per heavy atom. The first-order chi connectivity index (χ1) is 9.35. The first-order valence-corrected chi connectivity index (χ1v) is 6.87. The fourth-order valence-corrected chi connectivity index (χ4v) is 2.84. The monoisotopic (exact) mass is 260 g/mol. The molecule has 2 saturated heterocycles. The van der Waals surface area contributed by atoms with E-state index in [0.717, 1.165) is 18.1 Å². The molecule has 3 atom stereocenters. The van der Waals surface area contributed by atoms with Crippen molar-refractivity contribution in [3.63, 3.8) is 0 Å². The number of guanidine groups is 1. The lowest BCUT2D eigenvalue weighted by Crippen LogP contribution is -2.47. The highest BCUT2D eigenvalue weighted by Crippen LogP contribution is 2.34. The first-order valence-electron chi connectivity index (χ1n) is 6.87. The van der Waals surface area contributed by atoms with E-state index in [1.807, 2.05) is 18.2 Å². The van der Waals surface area contributed by atoms with Gasteiger partial charge in [0.1, 0.15) is 0 Å². The van der Waals surface area contributed by atoms with E-state index in [4.69, 9.17) is 4.74 Å². The van der Waals surface area contributed by atoms with Crippen molar-refractivity contribution in [1.82, 2.24) is 15.6 Å². The topological polar surface area (TPSA) is 58.5 Å². The summed E-state index contributed by atoms with van der Waals surface area (Å²) in [7, 11) is 1.79. The van der Waals surface area contributed by atoms with Crippen LogP contribution in [0.15, 0.2) is 29.4 Å². The van der Waals surface area contributed by atoms with E-state index in [-0.39, 0.29) is 0 Å². The van der Waals surface area contributed by atoms with Crippen molar-refractivity contribution in [1.29, 1.82) is 0 Å². The second kappa shape index (κ2) is 5.57. The highest BCUT2D eigenvalue weighted by molar-refractivity contribution is 5.80. The van der Waals surface area contributed by atoms with Gasteiger partial charge in [0.15, 0.2) is 5.96 Å². The number of pyridine rings is 1. The van der Waals surface area contributed by atoms with E-state index in [9.17, 15) is 0 Å². The smallest absolute Gasteiger partial charge is 0.191 e. The molecule has 2 aliphatic rings. The number of ether oxygens (including phenoxy) is 1. The maximum absolute atomic E-state index is 5.84. The second-order valence-electron chi connectivity index (χ2n) is 5.11. The molecule has 2 bridgehead atoms. The summed E-state index contributed by atoms with van der Waals surface area (Å²) in [4.78, 5) is 8.55. The molecule has 0 saturated carbocycles. The number of hydrogen-bond donors (Lipinski definition) is 2. The van der Waals surface area contributed by atoms with Crippen LogP contribution >= 0.6 is 0 Å². The summed E-state index contributed by atoms with van der Waals surface area (Å²) in [6, 6.07) is 6.31. The van der Waals surface area contributed by atoms with Crippen molar-refractivity contribution in [3.05, 3.63) is 30.1 Å². The zero-order valence-corrected chi connectivity index (χ0v) is 11.2. The van der Waals surface area contributed by atoms with Crippen LogP contribution in [0.25, 0.3) is 0 Å². The van der Waals surface area contributed by atoms with Gasteiger partial charge < -0.3 is 15.4 Å². The van der Waals surface area contributed by atoms with Crippen molar-refractivity contribution in [2.24, 2.45) is 4.99 Å². The zero-order chi connectivity index (χ0) is 13.1. The molecule has 0 amide bonds. The van der Waals surface area contributed by atoms with Crippen LogP contribution in [0.3, 0.4) is 0 Å². The normalized spacial score (nSPS) is 29.5. The SMILES string of the molecule is CN=C(NCc1ccccn1)NC1CC2CCC1O2. The molecule has 0 spiro atoms. The van der Waals surface area contributed by atoms with Gasteiger partial charge in [-0.25, -0.2) is 0 Å². The molecule has 1 aromatic rings. The van der Waals surface area contributed by atoms with Crippen LogP contribution in [0.5, 0.6) is 0 Å². The third-order valence-corrected chi connectivity index (χ3v) is 3.81. The first kappa shape index (κ1) is 12.4. The fourth-order valence-electron chi connectivity index (χ4n) is 2.84. The molecule has 2 fully saturated rings. The molecule has 0 aromatic carbocycles. The lowest BCUT2D eigenvalue weighted by Gasteiger charge is -2.22. The van der Waals surface area contributed by atoms with E-state index in [1.165, 1.54) is 12.8 Å². The Balaban J connectivity index is 1.51. The molecule has 19 heavy (non-hydrogen) atoms. The summed E-state index contributed by atoms with van der Waals surface area (Å²) in [5, 5.41) is 6.75. The van der Waals surface area contributed by atoms with Gasteiger partial charge in [0.05, 0.1) is 30.5 Å². The van der Waals surface area contributed by atoms with Gasteiger partial charge in [0.2, 0.25) is 0 Å². The average molecular weight is 260 g/mol. The summed E-state index contributed by atoms with van der Waals surface area (Å²) in [5.41, 5.74) is 1.01. The fraction of sp³-hybridized carbons (Fsp3) is 0.571. The Kier molecular flexibility index (Phi) is 3.64. The molecule has 3 unspecified atom stereocenters. The van der Waals surface area contributed by atoms with Crippen molar-refractivity contribution < 1.29 is 4.74 Å². The van der Waals surface area contributed by atoms with Crippen LogP contribution in [0.1, 0.15) is 25.0 Å². The van der Waals surface area contributed by atoms with Crippen LogP contribution in [0, 0.1) is 0 Å². The predicted octanol–water partition coefficient (Wildman–Crippen LogP) is 1.07. The van der Waals surface area contributed by atoms with Crippen molar-refractivity contribution in [2.75, 3.05) is 7.05 Å². The highest BCUT2D eigenvalue weighted by atomic mass is 16.5. The molecular weight excluding hydrogens is 240 g/mol. The van der Waals surface area contributed by atoms with Crippen molar-refractivity contribution in [3.8, 4) is 0 Å². The molecular formula is C14H20N4O. The second-order valence-corrected chi connectivity index (χ2v) is 5.11. The van der Waals surface area contributed by atoms with Gasteiger partial charge in [0, 0.05) is 13.2 Å². The minimum Gasteiger partial charge on any atom is -0.373 e. The largest absolute Gasteiger partial charge is 0.373 e. The Morgan fingerprint density at radius 3 is 3.05 bits per heavy atom. The Morgan fingerprint density at radius 2 is 2.42 bits per heavy atom. The maximum Gasteiger partial charge on any atom is 0.191 e. The summed E-state index contributed by atoms with van der Waals surface area (Å²) in [6.45, 7) is 0.683. The third kappa shape index (κ3) is 2.87. The molecule has 5 heteroatoms. The summed E-state index contributed by atoms with van der Waals surface area (Å²) in [5.74, 6) is 0.826. The van der Waals surface area contributed by atoms with Crippen LogP contribution in [0.4, 0.5) is 0 Å². The van der Waals surface area contributed by atoms with E-state index in [1.54, 1.807) is 13.2 Å². The Bertz CT molecular complexity index is 448. The average Bonchev–Trinajstić information content (AvgIpc) is 3.07. The van der Waals surface area contributed by atoms with Gasteiger partial charge in [-0.2, -0.15) is 0 Å². The molecule has 0 aliphatic carbocycles. The lowest BCUT2D eigenvalue weighted by molar-refractivity contribution is 0.0992. The number of nitrogens with one attached hydrogen (secondary N) is 2. The van der Waals surface area contributed by atoms with Gasteiger partial charge >= 0.3 is 0 Å². The quantitative estimate of drug-likeness (QED) is 0.630. The number of hydrogen-bond acceptors (Lipinski definition) is 3. The minimum atomic E-state index is 0.360. The minimum absolute atomic E-state index is 0.360. The van der Waals surface area contributed by atoms with E-state index < -0.39 is 0 Å². The van der Waals surface area contributed by atoms with Gasteiger partial charge in [-0.3, -0.25) is 9.98 Å². The third-order valence-electron chi connectivity index (χ3n) is 3.81. The molecule has 5 nitrogen and oxygen atoms in total. The number of fused-ring (bicyclic) bond motifs is 2. The molecule has 2 N–H and O–H groups in total. The lowest BCUT2D eigenvalue weighted by atomic mass is 9.96. The van der Waals surface area contributed by atoms with Gasteiger partial charge in [0.25, 0.3) is 0 Å². The number of aromatic nitrogens is 1. The summed E-state index contributed by atoms with van der Waals surface area (Å²) >= 11 is 0. The van der Waals surface area contributed by atoms with Crippen molar-refractivity contribution in [2.45, 2.75) is 44.1 Å². The van der Waals surface area contributed by atoms with E-state index >= 15 is 0 Å². The molecule has 3 heterocycles. The van der Waals surface area contributed by atoms with Gasteiger partial charge in [-0.15, -0.1) is 0 Å². The predicted molar refractivity (Wildman–Crippen MR) is 73.9 cm³/mol. The van der Waals surface area contributed by atoms with E-state index in [2.05, 4.69) is 20.6 Å². The summed E-state index contributed by atoms with van der Waals surface area (Å²) in [6.07, 6.45) is 6.09. The van der Waals surface area contributed by atoms with E-state index in [0.29, 0.717) is 24.8 Å². The number of aliphatic imine (C=N–C) groups is 1. The highest BCUT2D eigenvalue weighted by Gasteiger charge is 2.41. The van der Waals surface area contributed by atoms with Gasteiger partial charge in [-0.1, -0.05) is 6.07 Å².